The van der Waals surface area contributed by atoms with Crippen LogP contribution in [0.5, 0.6) is 0 Å². The molecule has 4 rings (SSSR count). The first kappa shape index (κ1) is 14.2. The highest BCUT2D eigenvalue weighted by atomic mass is 16.8. The van der Waals surface area contributed by atoms with E-state index in [2.05, 4.69) is 0 Å². The molecule has 9 heteroatoms. The van der Waals surface area contributed by atoms with E-state index in [0.29, 0.717) is 0 Å². The molecule has 0 amide bonds. The third-order valence-corrected chi connectivity index (χ3v) is 4.46. The molecule has 4 saturated heterocycles. The van der Waals surface area contributed by atoms with Crippen molar-refractivity contribution in [2.24, 2.45) is 0 Å². The summed E-state index contributed by atoms with van der Waals surface area (Å²) in [6.45, 7) is 0.341. The molecule has 120 valence electrons. The van der Waals surface area contributed by atoms with Gasteiger partial charge < -0.3 is 44.1 Å². The van der Waals surface area contributed by atoms with Gasteiger partial charge in [0.2, 0.25) is 0 Å². The zero-order chi connectivity index (χ0) is 14.7. The molecule has 21 heavy (non-hydrogen) atoms. The number of aliphatic hydroxyl groups is 4. The van der Waals surface area contributed by atoms with Gasteiger partial charge in [-0.1, -0.05) is 0 Å². The molecule has 0 aromatic carbocycles. The van der Waals surface area contributed by atoms with Gasteiger partial charge >= 0.3 is 0 Å². The second-order valence-corrected chi connectivity index (χ2v) is 5.78. The van der Waals surface area contributed by atoms with Crippen LogP contribution in [0.3, 0.4) is 0 Å². The lowest BCUT2D eigenvalue weighted by atomic mass is 10.0. The summed E-state index contributed by atoms with van der Waals surface area (Å²) in [6, 6.07) is 0. The Hall–Kier alpha value is -0.360. The topological polar surface area (TPSA) is 127 Å². The molecule has 4 fully saturated rings. The quantitative estimate of drug-likeness (QED) is 0.415. The molecular formula is C12H18O9. The molecule has 4 N–H and O–H groups in total. The van der Waals surface area contributed by atoms with E-state index in [-0.39, 0.29) is 13.2 Å². The number of fused-ring (bicyclic) bond motifs is 4. The van der Waals surface area contributed by atoms with Gasteiger partial charge in [0, 0.05) is 0 Å². The van der Waals surface area contributed by atoms with E-state index in [0.717, 1.165) is 0 Å². The maximum Gasteiger partial charge on any atom is 0.189 e. The third-order valence-electron chi connectivity index (χ3n) is 4.46. The minimum atomic E-state index is -1.19. The molecule has 10 atom stereocenters. The van der Waals surface area contributed by atoms with Gasteiger partial charge in [0.15, 0.2) is 12.6 Å². The third kappa shape index (κ3) is 2.12. The number of hydrogen-bond acceptors (Lipinski definition) is 9. The summed E-state index contributed by atoms with van der Waals surface area (Å²) in [5.41, 5.74) is 0. The Labute approximate surface area is 119 Å². The minimum absolute atomic E-state index is 0.171. The van der Waals surface area contributed by atoms with Crippen molar-refractivity contribution < 1.29 is 44.1 Å². The average Bonchev–Trinajstić information content (AvgIpc) is 2.87. The summed E-state index contributed by atoms with van der Waals surface area (Å²) >= 11 is 0. The Morgan fingerprint density at radius 1 is 0.667 bits per heavy atom. The number of rotatable bonds is 2. The molecule has 0 radical (unpaired) electrons. The maximum absolute atomic E-state index is 10.1. The SMILES string of the molecule is OC1[C@H]2CO[C@@H]1[C@H](O)[C@H](O[C@H]1O[C@@H]3CO[C@@H](C3O)[C@@H]1O)O2. The van der Waals surface area contributed by atoms with Crippen LogP contribution in [-0.2, 0) is 23.7 Å². The van der Waals surface area contributed by atoms with Crippen LogP contribution in [-0.4, -0.2) is 95.1 Å². The second kappa shape index (κ2) is 5.08. The molecule has 4 aliphatic heterocycles. The van der Waals surface area contributed by atoms with E-state index in [9.17, 15) is 20.4 Å². The summed E-state index contributed by atoms with van der Waals surface area (Å²) in [5.74, 6) is 0. The minimum Gasteiger partial charge on any atom is -0.387 e. The first-order valence-corrected chi connectivity index (χ1v) is 6.98. The number of hydrogen-bond donors (Lipinski definition) is 4. The van der Waals surface area contributed by atoms with E-state index < -0.39 is 61.4 Å². The highest BCUT2D eigenvalue weighted by Crippen LogP contribution is 2.34. The van der Waals surface area contributed by atoms with Crippen LogP contribution in [0, 0.1) is 0 Å². The Morgan fingerprint density at radius 2 is 1.10 bits per heavy atom. The van der Waals surface area contributed by atoms with Crippen molar-refractivity contribution in [2.45, 2.75) is 61.4 Å². The standard InChI is InChI=1S/C12H18O9/c13-5-3-1-17-9(5)7(15)11(19-3)21-12-8(16)10-6(14)4(20-12)2-18-10/h3-16H,1-2H2/t3-,4-,5?,6?,7+,8+,9+,10+,11-,12+/m1/s1. The molecule has 9 nitrogen and oxygen atoms in total. The van der Waals surface area contributed by atoms with Crippen LogP contribution in [0.15, 0.2) is 0 Å². The first-order valence-electron chi connectivity index (χ1n) is 6.98. The number of aliphatic hydroxyl groups excluding tert-OH is 4. The van der Waals surface area contributed by atoms with Gasteiger partial charge in [-0.15, -0.1) is 0 Å². The fourth-order valence-corrected chi connectivity index (χ4v) is 3.24. The van der Waals surface area contributed by atoms with Gasteiger partial charge in [0.05, 0.1) is 13.2 Å². The summed E-state index contributed by atoms with van der Waals surface area (Å²) < 4.78 is 26.8. The molecule has 0 aromatic heterocycles. The highest BCUT2D eigenvalue weighted by molar-refractivity contribution is 4.98. The van der Waals surface area contributed by atoms with Crippen molar-refractivity contribution in [3.8, 4) is 0 Å². The summed E-state index contributed by atoms with van der Waals surface area (Å²) in [6.07, 6.45) is -9.09. The van der Waals surface area contributed by atoms with Gasteiger partial charge in [0.25, 0.3) is 0 Å². The van der Waals surface area contributed by atoms with Gasteiger partial charge in [-0.2, -0.15) is 0 Å². The molecule has 4 aliphatic rings. The Bertz CT molecular complexity index is 370. The lowest BCUT2D eigenvalue weighted by Gasteiger charge is -2.40. The summed E-state index contributed by atoms with van der Waals surface area (Å²) in [7, 11) is 0. The highest BCUT2D eigenvalue weighted by Gasteiger charge is 2.55. The van der Waals surface area contributed by atoms with Gasteiger partial charge in [-0.25, -0.2) is 0 Å². The van der Waals surface area contributed by atoms with E-state index in [1.54, 1.807) is 0 Å². The molecule has 4 bridgehead atoms. The van der Waals surface area contributed by atoms with Gasteiger partial charge in [0.1, 0.15) is 48.8 Å². The smallest absolute Gasteiger partial charge is 0.189 e. The van der Waals surface area contributed by atoms with Gasteiger partial charge in [-0.3, -0.25) is 0 Å². The van der Waals surface area contributed by atoms with Crippen LogP contribution >= 0.6 is 0 Å². The summed E-state index contributed by atoms with van der Waals surface area (Å²) in [5, 5.41) is 39.7. The first-order chi connectivity index (χ1) is 10.1. The fourth-order valence-electron chi connectivity index (χ4n) is 3.24. The van der Waals surface area contributed by atoms with Crippen molar-refractivity contribution >= 4 is 0 Å². The predicted octanol–water partition coefficient (Wildman–Crippen LogP) is -3.31. The Morgan fingerprint density at radius 3 is 1.52 bits per heavy atom. The predicted molar refractivity (Wildman–Crippen MR) is 61.9 cm³/mol. The lowest BCUT2D eigenvalue weighted by molar-refractivity contribution is -0.347. The van der Waals surface area contributed by atoms with E-state index in [4.69, 9.17) is 23.7 Å². The van der Waals surface area contributed by atoms with Gasteiger partial charge in [-0.05, 0) is 0 Å². The van der Waals surface area contributed by atoms with Crippen molar-refractivity contribution in [2.75, 3.05) is 13.2 Å². The Kier molecular flexibility index (Phi) is 3.45. The van der Waals surface area contributed by atoms with Crippen molar-refractivity contribution in [3.05, 3.63) is 0 Å². The van der Waals surface area contributed by atoms with E-state index in [1.807, 2.05) is 0 Å². The zero-order valence-electron chi connectivity index (χ0n) is 11.0. The normalized spacial score (nSPS) is 59.4. The van der Waals surface area contributed by atoms with Crippen LogP contribution in [0.4, 0.5) is 0 Å². The molecule has 2 unspecified atom stereocenters. The zero-order valence-corrected chi connectivity index (χ0v) is 11.0. The van der Waals surface area contributed by atoms with E-state index in [1.165, 1.54) is 0 Å². The molecule has 0 spiro atoms. The van der Waals surface area contributed by atoms with Crippen molar-refractivity contribution in [3.63, 3.8) is 0 Å². The van der Waals surface area contributed by atoms with Crippen LogP contribution in [0.2, 0.25) is 0 Å². The fraction of sp³-hybridized carbons (Fsp3) is 1.00. The van der Waals surface area contributed by atoms with Crippen molar-refractivity contribution in [1.29, 1.82) is 0 Å². The molecule has 4 heterocycles. The van der Waals surface area contributed by atoms with Crippen LogP contribution in [0.25, 0.3) is 0 Å². The van der Waals surface area contributed by atoms with Crippen molar-refractivity contribution in [1.82, 2.24) is 0 Å². The molecular weight excluding hydrogens is 288 g/mol. The molecule has 0 aliphatic carbocycles. The second-order valence-electron chi connectivity index (χ2n) is 5.78. The molecule has 0 saturated carbocycles. The monoisotopic (exact) mass is 306 g/mol. The maximum atomic E-state index is 10.1. The Balaban J connectivity index is 1.45. The van der Waals surface area contributed by atoms with Crippen LogP contribution in [0.1, 0.15) is 0 Å². The van der Waals surface area contributed by atoms with Crippen LogP contribution < -0.4 is 0 Å². The summed E-state index contributed by atoms with van der Waals surface area (Å²) in [4.78, 5) is 0. The largest absolute Gasteiger partial charge is 0.387 e. The number of ether oxygens (including phenoxy) is 5. The lowest BCUT2D eigenvalue weighted by Crippen LogP contribution is -2.59. The average molecular weight is 306 g/mol. The molecule has 0 aromatic rings. The van der Waals surface area contributed by atoms with E-state index >= 15 is 0 Å².